The van der Waals surface area contributed by atoms with Crippen LogP contribution in [-0.4, -0.2) is 27.2 Å². The van der Waals surface area contributed by atoms with Gasteiger partial charge < -0.3 is 21.7 Å². The molecule has 1 aromatic heterocycles. The van der Waals surface area contributed by atoms with Gasteiger partial charge in [-0.25, -0.2) is 4.98 Å². The number of nitrogens with zero attached hydrogens (tertiary/aromatic N) is 1. The van der Waals surface area contributed by atoms with Crippen LogP contribution in [0, 0.1) is 6.92 Å². The Hall–Kier alpha value is -1.04. The van der Waals surface area contributed by atoms with Crippen LogP contribution in [0.1, 0.15) is 17.2 Å². The molecule has 0 fully saturated rings. The lowest BCUT2D eigenvalue weighted by molar-refractivity contribution is 0.0322. The Labute approximate surface area is 92.7 Å². The van der Waals surface area contributed by atoms with E-state index in [0.29, 0.717) is 16.8 Å². The summed E-state index contributed by atoms with van der Waals surface area (Å²) in [5.41, 5.74) is 12.5. The topological polar surface area (TPSA) is 105 Å². The highest BCUT2D eigenvalue weighted by Crippen LogP contribution is 2.27. The van der Waals surface area contributed by atoms with Gasteiger partial charge in [0.25, 0.3) is 0 Å². The van der Waals surface area contributed by atoms with E-state index >= 15 is 0 Å². The van der Waals surface area contributed by atoms with Crippen molar-refractivity contribution in [3.63, 3.8) is 0 Å². The lowest BCUT2D eigenvalue weighted by Crippen LogP contribution is -2.21. The van der Waals surface area contributed by atoms with E-state index in [2.05, 4.69) is 4.98 Å². The Balaban J connectivity index is 3.10. The van der Waals surface area contributed by atoms with E-state index in [0.717, 1.165) is 0 Å². The van der Waals surface area contributed by atoms with Crippen molar-refractivity contribution in [2.45, 2.75) is 19.1 Å². The molecule has 1 rings (SSSR count). The van der Waals surface area contributed by atoms with Crippen molar-refractivity contribution in [3.8, 4) is 0 Å². The Morgan fingerprint density at radius 1 is 1.47 bits per heavy atom. The Bertz CT molecular complexity index is 359. The number of nitrogen functional groups attached to an aromatic ring is 2. The van der Waals surface area contributed by atoms with Crippen LogP contribution in [0.5, 0.6) is 0 Å². The van der Waals surface area contributed by atoms with E-state index in [-0.39, 0.29) is 11.7 Å². The highest BCUT2D eigenvalue weighted by Gasteiger charge is 2.21. The third kappa shape index (κ3) is 2.31. The van der Waals surface area contributed by atoms with Gasteiger partial charge >= 0.3 is 0 Å². The summed E-state index contributed by atoms with van der Waals surface area (Å²) in [5, 5.41) is 19.1. The van der Waals surface area contributed by atoms with Gasteiger partial charge in [-0.1, -0.05) is 0 Å². The predicted molar refractivity (Wildman–Crippen MR) is 59.5 cm³/mol. The molecule has 0 spiro atoms. The van der Waals surface area contributed by atoms with E-state index < -0.39 is 12.2 Å². The zero-order valence-electron chi connectivity index (χ0n) is 8.31. The molecule has 1 heterocycles. The molecule has 2 atom stereocenters. The second kappa shape index (κ2) is 4.65. The maximum absolute atomic E-state index is 9.71. The fraction of sp³-hybridized carbons (Fsp3) is 0.444. The Kier molecular flexibility index (Phi) is 3.73. The first kappa shape index (κ1) is 12.0. The maximum atomic E-state index is 9.71. The molecular weight excluding hydrogens is 218 g/mol. The van der Waals surface area contributed by atoms with Gasteiger partial charge in [-0.3, -0.25) is 0 Å². The number of hydrogen-bond acceptors (Lipinski definition) is 5. The third-order valence-electron chi connectivity index (χ3n) is 2.30. The monoisotopic (exact) mass is 231 g/mol. The van der Waals surface area contributed by atoms with Gasteiger partial charge in [0.1, 0.15) is 11.9 Å². The molecule has 6 N–H and O–H groups in total. The number of hydrogen-bond donors (Lipinski definition) is 4. The number of rotatable bonds is 3. The number of nitrogens with two attached hydrogens (primary N) is 2. The van der Waals surface area contributed by atoms with Crippen molar-refractivity contribution in [1.29, 1.82) is 0 Å². The summed E-state index contributed by atoms with van der Waals surface area (Å²) in [6.07, 6.45) is -0.755. The van der Waals surface area contributed by atoms with E-state index in [1.54, 1.807) is 6.92 Å². The third-order valence-corrected chi connectivity index (χ3v) is 2.61. The molecule has 0 saturated heterocycles. The van der Waals surface area contributed by atoms with Gasteiger partial charge in [-0.2, -0.15) is 0 Å². The molecule has 1 aromatic rings. The number of halogens is 1. The molecule has 0 radical (unpaired) electrons. The predicted octanol–water partition coefficient (Wildman–Crippen LogP) is 0.188. The first-order valence-corrected chi connectivity index (χ1v) is 4.95. The average Bonchev–Trinajstić information content (AvgIpc) is 2.24. The largest absolute Gasteiger partial charge is 0.396 e. The van der Waals surface area contributed by atoms with Crippen LogP contribution >= 0.6 is 11.6 Å². The van der Waals surface area contributed by atoms with E-state index in [9.17, 15) is 10.2 Å². The number of pyridine rings is 1. The molecule has 2 unspecified atom stereocenters. The van der Waals surface area contributed by atoms with Gasteiger partial charge in [-0.15, -0.1) is 11.6 Å². The number of aliphatic hydroxyl groups excluding tert-OH is 2. The van der Waals surface area contributed by atoms with Crippen molar-refractivity contribution >= 4 is 23.1 Å². The van der Waals surface area contributed by atoms with Crippen LogP contribution in [0.15, 0.2) is 6.20 Å². The summed E-state index contributed by atoms with van der Waals surface area (Å²) in [6, 6.07) is 0. The molecule has 6 heteroatoms. The van der Waals surface area contributed by atoms with Gasteiger partial charge in [0.15, 0.2) is 0 Å². The zero-order chi connectivity index (χ0) is 11.6. The van der Waals surface area contributed by atoms with Crippen LogP contribution in [-0.2, 0) is 0 Å². The van der Waals surface area contributed by atoms with Gasteiger partial charge in [0.2, 0.25) is 0 Å². The molecule has 0 bridgehead atoms. The highest BCUT2D eigenvalue weighted by atomic mass is 35.5. The number of alkyl halides is 1. The normalized spacial score (nSPS) is 14.9. The summed E-state index contributed by atoms with van der Waals surface area (Å²) >= 11 is 5.43. The van der Waals surface area contributed by atoms with E-state index in [4.69, 9.17) is 23.1 Å². The minimum atomic E-state index is -1.10. The Morgan fingerprint density at radius 2 is 2.07 bits per heavy atom. The fourth-order valence-electron chi connectivity index (χ4n) is 1.24. The molecule has 0 aliphatic rings. The molecule has 0 amide bonds. The van der Waals surface area contributed by atoms with Crippen LogP contribution in [0.3, 0.4) is 0 Å². The summed E-state index contributed by atoms with van der Waals surface area (Å²) in [5.74, 6) is 0.147. The molecule has 5 nitrogen and oxygen atoms in total. The highest BCUT2D eigenvalue weighted by molar-refractivity contribution is 6.18. The van der Waals surface area contributed by atoms with Crippen molar-refractivity contribution in [3.05, 3.63) is 17.3 Å². The average molecular weight is 232 g/mol. The SMILES string of the molecule is Cc1c(C(O)C(O)CCl)cnc(N)c1N. The molecule has 0 saturated carbocycles. The van der Waals surface area contributed by atoms with Crippen molar-refractivity contribution in [2.24, 2.45) is 0 Å². The molecule has 0 aliphatic heterocycles. The standard InChI is InChI=1S/C9H14ClN3O2/c1-4-5(8(15)6(14)2-10)3-13-9(12)7(4)11/h3,6,8,14-15H,2,11H2,1H3,(H2,12,13). The number of aromatic nitrogens is 1. The van der Waals surface area contributed by atoms with Crippen LogP contribution in [0.2, 0.25) is 0 Å². The van der Waals surface area contributed by atoms with Crippen LogP contribution < -0.4 is 11.5 Å². The second-order valence-corrected chi connectivity index (χ2v) is 3.61. The second-order valence-electron chi connectivity index (χ2n) is 3.30. The van der Waals surface area contributed by atoms with Gasteiger partial charge in [-0.05, 0) is 12.5 Å². The maximum Gasteiger partial charge on any atom is 0.146 e. The van der Waals surface area contributed by atoms with E-state index in [1.165, 1.54) is 6.20 Å². The Morgan fingerprint density at radius 3 is 2.60 bits per heavy atom. The quantitative estimate of drug-likeness (QED) is 0.556. The molecule has 0 aliphatic carbocycles. The smallest absolute Gasteiger partial charge is 0.146 e. The van der Waals surface area contributed by atoms with Crippen LogP contribution in [0.4, 0.5) is 11.5 Å². The lowest BCUT2D eigenvalue weighted by atomic mass is 10.0. The summed E-state index contributed by atoms with van der Waals surface area (Å²) in [7, 11) is 0. The van der Waals surface area contributed by atoms with Crippen LogP contribution in [0.25, 0.3) is 0 Å². The summed E-state index contributed by atoms with van der Waals surface area (Å²) in [4.78, 5) is 3.82. The first-order valence-electron chi connectivity index (χ1n) is 4.41. The number of aliphatic hydroxyl groups is 2. The molecular formula is C9H14ClN3O2. The van der Waals surface area contributed by atoms with Crippen molar-refractivity contribution in [1.82, 2.24) is 4.98 Å². The van der Waals surface area contributed by atoms with Gasteiger partial charge in [0, 0.05) is 11.8 Å². The van der Waals surface area contributed by atoms with Gasteiger partial charge in [0.05, 0.1) is 17.7 Å². The zero-order valence-corrected chi connectivity index (χ0v) is 9.07. The summed E-state index contributed by atoms with van der Waals surface area (Å²) in [6.45, 7) is 1.70. The summed E-state index contributed by atoms with van der Waals surface area (Å²) < 4.78 is 0. The fourth-order valence-corrected chi connectivity index (χ4v) is 1.41. The molecule has 15 heavy (non-hydrogen) atoms. The lowest BCUT2D eigenvalue weighted by Gasteiger charge is -2.18. The minimum absolute atomic E-state index is 0.0646. The number of anilines is 2. The minimum Gasteiger partial charge on any atom is -0.396 e. The molecule has 0 aromatic carbocycles. The van der Waals surface area contributed by atoms with Crippen molar-refractivity contribution in [2.75, 3.05) is 17.3 Å². The van der Waals surface area contributed by atoms with E-state index in [1.807, 2.05) is 0 Å². The van der Waals surface area contributed by atoms with Crippen molar-refractivity contribution < 1.29 is 10.2 Å². The first-order chi connectivity index (χ1) is 6.99. The molecule has 84 valence electrons.